The maximum absolute atomic E-state index is 2.76. The monoisotopic (exact) mass is 695 g/mol. The second-order valence-corrected chi connectivity index (χ2v) is 21.9. The van der Waals surface area contributed by atoms with Crippen molar-refractivity contribution >= 4 is 21.5 Å². The lowest BCUT2D eigenvalue weighted by Crippen LogP contribution is -2.70. The van der Waals surface area contributed by atoms with Crippen LogP contribution in [0, 0.1) is 118 Å². The summed E-state index contributed by atoms with van der Waals surface area (Å²) in [5.74, 6) is 2.38. The average molecular weight is 695 g/mol. The molecule has 1 saturated carbocycles. The van der Waals surface area contributed by atoms with Crippen molar-refractivity contribution in [1.82, 2.24) is 0 Å². The highest BCUT2D eigenvalue weighted by atomic mass is 14.8. The average Bonchev–Trinajstić information content (AvgIpc) is 3.00. The van der Waals surface area contributed by atoms with Crippen molar-refractivity contribution < 1.29 is 0 Å². The molecule has 51 heavy (non-hydrogen) atoms. The van der Waals surface area contributed by atoms with E-state index in [0.717, 1.165) is 6.42 Å². The van der Waals surface area contributed by atoms with Crippen LogP contribution >= 0.6 is 0 Å². The van der Waals surface area contributed by atoms with Crippen LogP contribution in [0.3, 0.4) is 0 Å². The van der Waals surface area contributed by atoms with Crippen LogP contribution in [0.5, 0.6) is 0 Å². The van der Waals surface area contributed by atoms with Gasteiger partial charge in [-0.1, -0.05) is 117 Å². The van der Waals surface area contributed by atoms with Gasteiger partial charge in [0.1, 0.15) is 0 Å². The minimum atomic E-state index is 0.0300. The van der Waals surface area contributed by atoms with E-state index in [-0.39, 0.29) is 32.5 Å². The van der Waals surface area contributed by atoms with Crippen molar-refractivity contribution in [2.75, 3.05) is 0 Å². The van der Waals surface area contributed by atoms with Crippen LogP contribution in [0.1, 0.15) is 172 Å². The van der Waals surface area contributed by atoms with Crippen LogP contribution in [0.4, 0.5) is 0 Å². The number of hydrogen-bond acceptors (Lipinski definition) is 0. The zero-order valence-electron chi connectivity index (χ0n) is 38.4. The van der Waals surface area contributed by atoms with Crippen molar-refractivity contribution in [1.29, 1.82) is 0 Å². The zero-order valence-corrected chi connectivity index (χ0v) is 38.4. The van der Waals surface area contributed by atoms with Crippen LogP contribution in [0.25, 0.3) is 21.5 Å². The fourth-order valence-electron chi connectivity index (χ4n) is 12.7. The van der Waals surface area contributed by atoms with Gasteiger partial charge in [-0.15, -0.1) is 0 Å². The lowest BCUT2D eigenvalue weighted by molar-refractivity contribution is -0.273. The van der Waals surface area contributed by atoms with Crippen LogP contribution in [0.2, 0.25) is 0 Å². The van der Waals surface area contributed by atoms with Crippen molar-refractivity contribution in [3.8, 4) is 0 Å². The van der Waals surface area contributed by atoms with Crippen molar-refractivity contribution in [3.63, 3.8) is 0 Å². The summed E-state index contributed by atoms with van der Waals surface area (Å²) in [6.07, 6.45) is 3.65. The van der Waals surface area contributed by atoms with Crippen LogP contribution < -0.4 is 0 Å². The van der Waals surface area contributed by atoms with Gasteiger partial charge in [0.15, 0.2) is 0 Å². The first-order valence-corrected chi connectivity index (χ1v) is 20.8. The molecule has 0 radical (unpaired) electrons. The molecule has 3 aromatic carbocycles. The fraction of sp³-hybridized carbons (Fsp3) is 0.725. The highest BCUT2D eigenvalue weighted by molar-refractivity contribution is 6.11. The van der Waals surface area contributed by atoms with Gasteiger partial charge in [0.25, 0.3) is 0 Å². The lowest BCUT2D eigenvalue weighted by Gasteiger charge is -2.75. The van der Waals surface area contributed by atoms with Crippen LogP contribution in [-0.4, -0.2) is 0 Å². The van der Waals surface area contributed by atoms with E-state index in [9.17, 15) is 0 Å². The summed E-state index contributed by atoms with van der Waals surface area (Å²) in [7, 11) is 0. The summed E-state index contributed by atoms with van der Waals surface area (Å²) in [4.78, 5) is 0. The summed E-state index contributed by atoms with van der Waals surface area (Å²) in [6.45, 7) is 61.0. The van der Waals surface area contributed by atoms with E-state index >= 15 is 0 Å². The molecule has 0 amide bonds. The van der Waals surface area contributed by atoms with Gasteiger partial charge in [-0.2, -0.15) is 0 Å². The molecule has 286 valence electrons. The first-order chi connectivity index (χ1) is 22.9. The van der Waals surface area contributed by atoms with Gasteiger partial charge in [-0.3, -0.25) is 0 Å². The van der Waals surface area contributed by atoms with E-state index in [1.165, 1.54) is 73.7 Å². The highest BCUT2D eigenvalue weighted by Crippen LogP contribution is 2.76. The van der Waals surface area contributed by atoms with E-state index in [0.29, 0.717) is 23.7 Å². The Labute approximate surface area is 317 Å². The van der Waals surface area contributed by atoms with Gasteiger partial charge in [0.2, 0.25) is 0 Å². The molecule has 0 bridgehead atoms. The topological polar surface area (TPSA) is 0 Å². The molecule has 0 aliphatic heterocycles. The zero-order chi connectivity index (χ0) is 39.5. The van der Waals surface area contributed by atoms with Gasteiger partial charge < -0.3 is 0 Å². The first kappa shape index (κ1) is 41.9. The minimum Gasteiger partial charge on any atom is -0.0654 e. The lowest BCUT2D eigenvalue weighted by atomic mass is 9.29. The molecule has 6 atom stereocenters. The summed E-state index contributed by atoms with van der Waals surface area (Å²) in [5, 5.41) is 6.16. The maximum atomic E-state index is 2.76. The van der Waals surface area contributed by atoms with E-state index < -0.39 is 0 Å². The SMILES string of the molecule is CCCC(C)C1C(C)C(C)(Cc2c3c(C)c(C)c(C)c(C)c3c(C)c3c(C)c(C)c(C)c(C)c23)C(C)(C)C(C)(C(C)(C)C)C1C(C)(C)C(C)(C)C. The Hall–Kier alpha value is -1.82. The van der Waals surface area contributed by atoms with Gasteiger partial charge in [-0.05, 0) is 202 Å². The second kappa shape index (κ2) is 12.9. The van der Waals surface area contributed by atoms with Gasteiger partial charge in [0, 0.05) is 0 Å². The van der Waals surface area contributed by atoms with Gasteiger partial charge >= 0.3 is 0 Å². The Morgan fingerprint density at radius 1 is 0.569 bits per heavy atom. The minimum absolute atomic E-state index is 0.0300. The third kappa shape index (κ3) is 5.54. The van der Waals surface area contributed by atoms with Crippen molar-refractivity contribution in [2.24, 2.45) is 56.2 Å². The van der Waals surface area contributed by atoms with Crippen molar-refractivity contribution in [3.05, 3.63) is 55.6 Å². The summed E-state index contributed by atoms with van der Waals surface area (Å²) >= 11 is 0. The molecule has 3 aromatic rings. The molecule has 0 heteroatoms. The van der Waals surface area contributed by atoms with Crippen LogP contribution in [-0.2, 0) is 6.42 Å². The fourth-order valence-corrected chi connectivity index (χ4v) is 12.7. The molecule has 0 nitrogen and oxygen atoms in total. The first-order valence-electron chi connectivity index (χ1n) is 20.8. The molecule has 0 spiro atoms. The summed E-state index contributed by atoms with van der Waals surface area (Å²) in [5.41, 5.74) is 15.5. The molecule has 1 aliphatic rings. The Morgan fingerprint density at radius 2 is 0.941 bits per heavy atom. The Balaban J connectivity index is 2.30. The molecular formula is C51H82. The third-order valence-electron chi connectivity index (χ3n) is 18.3. The van der Waals surface area contributed by atoms with Crippen LogP contribution in [0.15, 0.2) is 0 Å². The molecule has 6 unspecified atom stereocenters. The predicted molar refractivity (Wildman–Crippen MR) is 231 cm³/mol. The predicted octanol–water partition coefficient (Wildman–Crippen LogP) is 15.8. The normalized spacial score (nSPS) is 26.7. The molecule has 0 saturated heterocycles. The Bertz CT molecular complexity index is 1760. The number of fused-ring (bicyclic) bond motifs is 2. The molecule has 4 rings (SSSR count). The molecule has 0 aromatic heterocycles. The second-order valence-electron chi connectivity index (χ2n) is 21.9. The molecule has 1 fully saturated rings. The van der Waals surface area contributed by atoms with Gasteiger partial charge in [0.05, 0.1) is 0 Å². The number of benzene rings is 3. The van der Waals surface area contributed by atoms with E-state index in [1.54, 1.807) is 16.3 Å². The van der Waals surface area contributed by atoms with E-state index in [4.69, 9.17) is 0 Å². The molecule has 0 N–H and O–H groups in total. The highest BCUT2D eigenvalue weighted by Gasteiger charge is 2.71. The Kier molecular flexibility index (Phi) is 10.6. The summed E-state index contributed by atoms with van der Waals surface area (Å²) < 4.78 is 0. The smallest absolute Gasteiger partial charge is 0.0108 e. The quantitative estimate of drug-likeness (QED) is 0.225. The van der Waals surface area contributed by atoms with Gasteiger partial charge in [-0.25, -0.2) is 0 Å². The Morgan fingerprint density at radius 3 is 1.27 bits per heavy atom. The van der Waals surface area contributed by atoms with E-state index in [1.807, 2.05) is 0 Å². The number of hydrogen-bond donors (Lipinski definition) is 0. The number of rotatable bonds is 6. The standard InChI is InChI=1S/C51H82/c1-25-26-28(2)40-38(12)50(23,49(21,22)51(24,47(16,17)18)45(40)48(19,20)46(13,14)15)27-39-43-35(9)31(5)29(3)33(7)41(43)37(11)42-34(8)30(4)32(6)36(10)44(39)42/h28,38,40,45H,25-27H2,1-24H3. The maximum Gasteiger partial charge on any atom is -0.0108 e. The largest absolute Gasteiger partial charge is 0.0654 e. The number of aryl methyl sites for hydroxylation is 5. The third-order valence-corrected chi connectivity index (χ3v) is 18.3. The molecular weight excluding hydrogens is 613 g/mol. The summed E-state index contributed by atoms with van der Waals surface area (Å²) in [6, 6.07) is 0. The van der Waals surface area contributed by atoms with E-state index in [2.05, 4.69) is 166 Å². The molecule has 1 aliphatic carbocycles. The molecule has 0 heterocycles. The van der Waals surface area contributed by atoms with Crippen molar-refractivity contribution in [2.45, 2.75) is 185 Å².